The average Bonchev–Trinajstić information content (AvgIpc) is 3.34. The number of hydrogen-bond acceptors (Lipinski definition) is 7. The minimum absolute atomic E-state index is 0.200. The van der Waals surface area contributed by atoms with Gasteiger partial charge in [-0.3, -0.25) is 4.79 Å². The lowest BCUT2D eigenvalue weighted by molar-refractivity contribution is 0.102. The molecule has 2 saturated heterocycles. The van der Waals surface area contributed by atoms with Gasteiger partial charge in [0.15, 0.2) is 11.5 Å². The Morgan fingerprint density at radius 2 is 2.19 bits per heavy atom. The Morgan fingerprint density at radius 3 is 2.94 bits per heavy atom. The SMILES string of the molecule is CCOc1nc(N2CC3(CCNC3)C2)ncc1C(=O)Nc1cc(F)c2nc(C)cn2c1. The molecule has 2 N–H and O–H groups in total. The van der Waals surface area contributed by atoms with Gasteiger partial charge in [-0.1, -0.05) is 0 Å². The van der Waals surface area contributed by atoms with E-state index < -0.39 is 11.7 Å². The number of imidazole rings is 1. The topological polar surface area (TPSA) is 96.7 Å². The van der Waals surface area contributed by atoms with E-state index in [0.29, 0.717) is 29.4 Å². The monoisotopic (exact) mass is 425 g/mol. The molecule has 10 heteroatoms. The zero-order chi connectivity index (χ0) is 21.6. The Balaban J connectivity index is 1.37. The largest absolute Gasteiger partial charge is 0.477 e. The van der Waals surface area contributed by atoms with Crippen LogP contribution in [-0.2, 0) is 0 Å². The second-order valence-electron chi connectivity index (χ2n) is 8.25. The number of aromatic nitrogens is 4. The maximum Gasteiger partial charge on any atom is 0.262 e. The van der Waals surface area contributed by atoms with Gasteiger partial charge in [0.2, 0.25) is 11.8 Å². The molecule has 0 unspecified atom stereocenters. The van der Waals surface area contributed by atoms with Crippen molar-refractivity contribution in [2.75, 3.05) is 43.0 Å². The van der Waals surface area contributed by atoms with Gasteiger partial charge in [-0.05, 0) is 26.8 Å². The molecule has 162 valence electrons. The van der Waals surface area contributed by atoms with E-state index in [-0.39, 0.29) is 17.1 Å². The highest BCUT2D eigenvalue weighted by atomic mass is 19.1. The average molecular weight is 425 g/mol. The summed E-state index contributed by atoms with van der Waals surface area (Å²) < 4.78 is 21.5. The Bertz CT molecular complexity index is 1150. The minimum atomic E-state index is -0.518. The molecule has 31 heavy (non-hydrogen) atoms. The summed E-state index contributed by atoms with van der Waals surface area (Å²) in [5.41, 5.74) is 1.71. The number of halogens is 1. The van der Waals surface area contributed by atoms with Crippen molar-refractivity contribution in [2.45, 2.75) is 20.3 Å². The van der Waals surface area contributed by atoms with E-state index in [4.69, 9.17) is 4.74 Å². The van der Waals surface area contributed by atoms with Crippen LogP contribution >= 0.6 is 0 Å². The number of hydrogen-bond donors (Lipinski definition) is 2. The van der Waals surface area contributed by atoms with E-state index >= 15 is 0 Å². The first kappa shape index (κ1) is 19.7. The molecule has 2 fully saturated rings. The summed E-state index contributed by atoms with van der Waals surface area (Å²) in [6, 6.07) is 1.24. The van der Waals surface area contributed by atoms with Crippen LogP contribution in [0.2, 0.25) is 0 Å². The minimum Gasteiger partial charge on any atom is -0.477 e. The van der Waals surface area contributed by atoms with Crippen molar-refractivity contribution < 1.29 is 13.9 Å². The van der Waals surface area contributed by atoms with Gasteiger partial charge < -0.3 is 24.7 Å². The highest BCUT2D eigenvalue weighted by Gasteiger charge is 2.46. The van der Waals surface area contributed by atoms with Gasteiger partial charge in [-0.2, -0.15) is 4.98 Å². The Morgan fingerprint density at radius 1 is 1.35 bits per heavy atom. The lowest BCUT2D eigenvalue weighted by Crippen LogP contribution is -2.58. The number of rotatable bonds is 5. The number of nitrogens with zero attached hydrogens (tertiary/aromatic N) is 5. The van der Waals surface area contributed by atoms with Crippen LogP contribution in [0.1, 0.15) is 29.4 Å². The van der Waals surface area contributed by atoms with Crippen LogP contribution in [0.25, 0.3) is 5.65 Å². The van der Waals surface area contributed by atoms with Gasteiger partial charge in [0.05, 0.1) is 18.0 Å². The van der Waals surface area contributed by atoms with E-state index in [0.717, 1.165) is 32.6 Å². The lowest BCUT2D eigenvalue weighted by Gasteiger charge is -2.47. The fourth-order valence-corrected chi connectivity index (χ4v) is 4.33. The fraction of sp³-hybridized carbons (Fsp3) is 0.429. The quantitative estimate of drug-likeness (QED) is 0.646. The molecule has 1 spiro atoms. The second kappa shape index (κ2) is 7.45. The molecule has 0 saturated carbocycles. The second-order valence-corrected chi connectivity index (χ2v) is 8.25. The number of carbonyl (C=O) groups excluding carboxylic acids is 1. The standard InChI is InChI=1S/C21H24FN7O2/c1-3-31-19-15(7-24-20(27-19)29-11-21(12-29)4-5-23-10-21)18(30)26-14-6-16(22)17-25-13(2)8-28(17)9-14/h6-9,23H,3-5,10-12H2,1-2H3,(H,26,30). The maximum absolute atomic E-state index is 14.3. The molecule has 0 aliphatic carbocycles. The van der Waals surface area contributed by atoms with E-state index in [2.05, 4.69) is 30.5 Å². The molecule has 5 rings (SSSR count). The summed E-state index contributed by atoms with van der Waals surface area (Å²) >= 11 is 0. The zero-order valence-corrected chi connectivity index (χ0v) is 17.5. The van der Waals surface area contributed by atoms with Gasteiger partial charge in [0.1, 0.15) is 5.56 Å². The molecule has 0 bridgehead atoms. The number of anilines is 2. The Hall–Kier alpha value is -3.27. The van der Waals surface area contributed by atoms with Crippen LogP contribution in [0.15, 0.2) is 24.7 Å². The third kappa shape index (κ3) is 3.56. The van der Waals surface area contributed by atoms with Crippen LogP contribution in [0.5, 0.6) is 5.88 Å². The van der Waals surface area contributed by atoms with Gasteiger partial charge in [0.25, 0.3) is 5.91 Å². The van der Waals surface area contributed by atoms with Crippen molar-refractivity contribution in [3.8, 4) is 5.88 Å². The predicted octanol–water partition coefficient (Wildman–Crippen LogP) is 2.02. The number of aryl methyl sites for hydroxylation is 1. The highest BCUT2D eigenvalue weighted by Crippen LogP contribution is 2.38. The van der Waals surface area contributed by atoms with Crippen LogP contribution in [0.4, 0.5) is 16.0 Å². The molecule has 5 heterocycles. The molecule has 3 aromatic rings. The molecule has 3 aromatic heterocycles. The summed E-state index contributed by atoms with van der Waals surface area (Å²) in [5, 5.41) is 6.11. The van der Waals surface area contributed by atoms with Crippen LogP contribution < -0.4 is 20.3 Å². The molecule has 1 amide bonds. The number of amides is 1. The van der Waals surface area contributed by atoms with Gasteiger partial charge in [-0.25, -0.2) is 14.4 Å². The molecular weight excluding hydrogens is 401 g/mol. The molecule has 0 atom stereocenters. The molecule has 0 aromatic carbocycles. The fourth-order valence-electron chi connectivity index (χ4n) is 4.33. The van der Waals surface area contributed by atoms with E-state index in [9.17, 15) is 9.18 Å². The van der Waals surface area contributed by atoms with Crippen molar-refractivity contribution in [1.82, 2.24) is 24.7 Å². The summed E-state index contributed by atoms with van der Waals surface area (Å²) in [5.74, 6) is -0.212. The van der Waals surface area contributed by atoms with Crippen LogP contribution in [-0.4, -0.2) is 58.0 Å². The molecular formula is C21H24FN7O2. The normalized spacial score (nSPS) is 17.2. The molecule has 2 aliphatic rings. The van der Waals surface area contributed by atoms with Crippen molar-refractivity contribution >= 4 is 23.2 Å². The molecule has 9 nitrogen and oxygen atoms in total. The third-order valence-corrected chi connectivity index (χ3v) is 5.82. The number of ether oxygens (including phenoxy) is 1. The maximum atomic E-state index is 14.3. The van der Waals surface area contributed by atoms with E-state index in [1.807, 2.05) is 6.92 Å². The van der Waals surface area contributed by atoms with Crippen LogP contribution in [0.3, 0.4) is 0 Å². The van der Waals surface area contributed by atoms with E-state index in [1.54, 1.807) is 23.7 Å². The Kier molecular flexibility index (Phi) is 4.73. The number of nitrogens with one attached hydrogen (secondary N) is 2. The van der Waals surface area contributed by atoms with Crippen molar-refractivity contribution in [3.63, 3.8) is 0 Å². The van der Waals surface area contributed by atoms with Gasteiger partial charge in [-0.15, -0.1) is 0 Å². The number of fused-ring (bicyclic) bond motifs is 1. The van der Waals surface area contributed by atoms with Gasteiger partial charge in [0, 0.05) is 49.7 Å². The third-order valence-electron chi connectivity index (χ3n) is 5.82. The summed E-state index contributed by atoms with van der Waals surface area (Å²) in [6.45, 7) is 7.81. The first-order chi connectivity index (χ1) is 15.0. The molecule has 2 aliphatic heterocycles. The van der Waals surface area contributed by atoms with Crippen molar-refractivity contribution in [1.29, 1.82) is 0 Å². The number of pyridine rings is 1. The van der Waals surface area contributed by atoms with E-state index in [1.165, 1.54) is 12.3 Å². The predicted molar refractivity (Wildman–Crippen MR) is 113 cm³/mol. The van der Waals surface area contributed by atoms with Crippen LogP contribution in [0, 0.1) is 18.2 Å². The first-order valence-corrected chi connectivity index (χ1v) is 10.4. The smallest absolute Gasteiger partial charge is 0.262 e. The molecule has 0 radical (unpaired) electrons. The Labute approximate surface area is 178 Å². The summed E-state index contributed by atoms with van der Waals surface area (Å²) in [4.78, 5) is 28.0. The van der Waals surface area contributed by atoms with Crippen molar-refractivity contribution in [2.24, 2.45) is 5.41 Å². The summed E-state index contributed by atoms with van der Waals surface area (Å²) in [7, 11) is 0. The summed E-state index contributed by atoms with van der Waals surface area (Å²) in [6.07, 6.45) is 5.93. The van der Waals surface area contributed by atoms with Gasteiger partial charge >= 0.3 is 0 Å². The zero-order valence-electron chi connectivity index (χ0n) is 17.5. The van der Waals surface area contributed by atoms with Crippen molar-refractivity contribution in [3.05, 3.63) is 41.7 Å². The highest BCUT2D eigenvalue weighted by molar-refractivity contribution is 6.05. The number of carbonyl (C=O) groups is 1. The first-order valence-electron chi connectivity index (χ1n) is 10.4. The lowest BCUT2D eigenvalue weighted by atomic mass is 9.79.